The van der Waals surface area contributed by atoms with Crippen LogP contribution in [0.2, 0.25) is 0 Å². The van der Waals surface area contributed by atoms with Crippen LogP contribution in [0.15, 0.2) is 43.0 Å². The van der Waals surface area contributed by atoms with Crippen molar-refractivity contribution in [2.24, 2.45) is 5.92 Å². The number of amides is 2. The number of rotatable bonds is 5. The highest BCUT2D eigenvalue weighted by Gasteiger charge is 2.29. The fraction of sp³-hybridized carbons (Fsp3) is 0.444. The maximum absolute atomic E-state index is 12.6. The summed E-state index contributed by atoms with van der Waals surface area (Å²) in [5, 5.41) is 2.90. The molecule has 0 unspecified atom stereocenters. The SMILES string of the molecule is C[C@H]1CCN(C(=O)Nc2cccc(OCCF)c2)C[C@@H]1n1ccnc1. The molecule has 1 saturated heterocycles. The quantitative estimate of drug-likeness (QED) is 0.903. The van der Waals surface area contributed by atoms with E-state index in [4.69, 9.17) is 4.74 Å². The van der Waals surface area contributed by atoms with E-state index in [2.05, 4.69) is 21.8 Å². The number of carbonyl (C=O) groups is 1. The molecule has 134 valence electrons. The van der Waals surface area contributed by atoms with Crippen molar-refractivity contribution in [2.45, 2.75) is 19.4 Å². The smallest absolute Gasteiger partial charge is 0.321 e. The molecule has 0 saturated carbocycles. The predicted molar refractivity (Wildman–Crippen MR) is 93.5 cm³/mol. The minimum Gasteiger partial charge on any atom is -0.491 e. The van der Waals surface area contributed by atoms with E-state index in [9.17, 15) is 9.18 Å². The Morgan fingerprint density at radius 3 is 3.12 bits per heavy atom. The molecule has 1 N–H and O–H groups in total. The van der Waals surface area contributed by atoms with E-state index in [1.54, 1.807) is 36.8 Å². The normalized spacial score (nSPS) is 20.3. The van der Waals surface area contributed by atoms with Crippen molar-refractivity contribution in [3.8, 4) is 5.75 Å². The summed E-state index contributed by atoms with van der Waals surface area (Å²) in [5.74, 6) is 1.02. The summed E-state index contributed by atoms with van der Waals surface area (Å²) in [6.07, 6.45) is 6.44. The molecule has 1 fully saturated rings. The number of hydrogen-bond acceptors (Lipinski definition) is 3. The van der Waals surface area contributed by atoms with Gasteiger partial charge in [0.1, 0.15) is 19.0 Å². The molecule has 0 spiro atoms. The number of nitrogens with one attached hydrogen (secondary N) is 1. The van der Waals surface area contributed by atoms with Crippen molar-refractivity contribution in [1.29, 1.82) is 0 Å². The van der Waals surface area contributed by atoms with Crippen LogP contribution in [0.25, 0.3) is 0 Å². The molecule has 7 heteroatoms. The maximum atomic E-state index is 12.6. The van der Waals surface area contributed by atoms with Crippen LogP contribution in [-0.4, -0.2) is 46.9 Å². The molecule has 2 heterocycles. The summed E-state index contributed by atoms with van der Waals surface area (Å²) >= 11 is 0. The molecule has 2 aromatic rings. The second kappa shape index (κ2) is 8.00. The third-order valence-electron chi connectivity index (χ3n) is 4.54. The van der Waals surface area contributed by atoms with Gasteiger partial charge in [0.2, 0.25) is 0 Å². The summed E-state index contributed by atoms with van der Waals surface area (Å²) in [7, 11) is 0. The molecular formula is C18H23FN4O2. The Morgan fingerprint density at radius 2 is 2.36 bits per heavy atom. The first-order valence-corrected chi connectivity index (χ1v) is 8.49. The van der Waals surface area contributed by atoms with Crippen molar-refractivity contribution < 1.29 is 13.9 Å². The van der Waals surface area contributed by atoms with Crippen molar-refractivity contribution >= 4 is 11.7 Å². The summed E-state index contributed by atoms with van der Waals surface area (Å²) in [5.41, 5.74) is 0.638. The molecule has 0 aliphatic carbocycles. The minimum atomic E-state index is -0.543. The lowest BCUT2D eigenvalue weighted by Gasteiger charge is -2.37. The molecular weight excluding hydrogens is 323 g/mol. The van der Waals surface area contributed by atoms with Gasteiger partial charge in [-0.2, -0.15) is 0 Å². The third kappa shape index (κ3) is 4.29. The average molecular weight is 346 g/mol. The van der Waals surface area contributed by atoms with Crippen molar-refractivity contribution in [2.75, 3.05) is 31.7 Å². The van der Waals surface area contributed by atoms with Crippen LogP contribution >= 0.6 is 0 Å². The fourth-order valence-electron chi connectivity index (χ4n) is 3.11. The predicted octanol–water partition coefficient (Wildman–Crippen LogP) is 3.35. The number of ether oxygens (including phenoxy) is 1. The molecule has 0 bridgehead atoms. The second-order valence-corrected chi connectivity index (χ2v) is 6.28. The molecule has 0 radical (unpaired) electrons. The highest BCUT2D eigenvalue weighted by atomic mass is 19.1. The van der Waals surface area contributed by atoms with Gasteiger partial charge >= 0.3 is 6.03 Å². The molecule has 2 atom stereocenters. The number of urea groups is 1. The van der Waals surface area contributed by atoms with Gasteiger partial charge < -0.3 is 19.5 Å². The molecule has 1 aromatic carbocycles. The molecule has 2 amide bonds. The molecule has 1 aliphatic heterocycles. The number of alkyl halides is 1. The Bertz CT molecular complexity index is 692. The summed E-state index contributed by atoms with van der Waals surface area (Å²) in [6, 6.07) is 7.09. The first kappa shape index (κ1) is 17.3. The lowest BCUT2D eigenvalue weighted by Crippen LogP contribution is -2.45. The van der Waals surface area contributed by atoms with E-state index < -0.39 is 6.67 Å². The topological polar surface area (TPSA) is 59.4 Å². The summed E-state index contributed by atoms with van der Waals surface area (Å²) < 4.78 is 19.5. The highest BCUT2D eigenvalue weighted by molar-refractivity contribution is 5.89. The van der Waals surface area contributed by atoms with Gasteiger partial charge in [-0.3, -0.25) is 0 Å². The fourth-order valence-corrected chi connectivity index (χ4v) is 3.11. The third-order valence-corrected chi connectivity index (χ3v) is 4.54. The van der Waals surface area contributed by atoms with Crippen LogP contribution in [0.3, 0.4) is 0 Å². The van der Waals surface area contributed by atoms with E-state index >= 15 is 0 Å². The monoisotopic (exact) mass is 346 g/mol. The van der Waals surface area contributed by atoms with Gasteiger partial charge in [0.25, 0.3) is 0 Å². The number of carbonyl (C=O) groups excluding carboxylic acids is 1. The second-order valence-electron chi connectivity index (χ2n) is 6.28. The van der Waals surface area contributed by atoms with E-state index in [0.29, 0.717) is 23.9 Å². The number of hydrogen-bond donors (Lipinski definition) is 1. The number of anilines is 1. The van der Waals surface area contributed by atoms with Gasteiger partial charge in [-0.1, -0.05) is 13.0 Å². The largest absolute Gasteiger partial charge is 0.491 e. The van der Waals surface area contributed by atoms with Gasteiger partial charge in [0.15, 0.2) is 0 Å². The number of imidazole rings is 1. The van der Waals surface area contributed by atoms with Crippen molar-refractivity contribution in [1.82, 2.24) is 14.5 Å². The maximum Gasteiger partial charge on any atom is 0.321 e. The highest BCUT2D eigenvalue weighted by Crippen LogP contribution is 2.28. The van der Waals surface area contributed by atoms with Gasteiger partial charge in [-0.15, -0.1) is 0 Å². The van der Waals surface area contributed by atoms with Crippen LogP contribution in [0.1, 0.15) is 19.4 Å². The molecule has 1 aliphatic rings. The number of nitrogens with zero attached hydrogens (tertiary/aromatic N) is 3. The van der Waals surface area contributed by atoms with E-state index in [0.717, 1.165) is 13.0 Å². The van der Waals surface area contributed by atoms with E-state index in [-0.39, 0.29) is 18.7 Å². The Hall–Kier alpha value is -2.57. The first-order chi connectivity index (χ1) is 12.2. The Labute approximate surface area is 146 Å². The zero-order chi connectivity index (χ0) is 17.6. The molecule has 6 nitrogen and oxygen atoms in total. The molecule has 25 heavy (non-hydrogen) atoms. The Balaban J connectivity index is 1.63. The van der Waals surface area contributed by atoms with Gasteiger partial charge in [0.05, 0.1) is 12.4 Å². The standard InChI is InChI=1S/C18H23FN4O2/c1-14-5-8-22(12-17(14)23-9-7-20-13-23)18(24)21-15-3-2-4-16(11-15)25-10-6-19/h2-4,7,9,11,13-14,17H,5-6,8,10,12H2,1H3,(H,21,24)/t14-,17-/m0/s1. The number of aromatic nitrogens is 2. The van der Waals surface area contributed by atoms with Crippen molar-refractivity contribution in [3.63, 3.8) is 0 Å². The summed E-state index contributed by atoms with van der Waals surface area (Å²) in [4.78, 5) is 18.5. The minimum absolute atomic E-state index is 0.00794. The average Bonchev–Trinajstić information content (AvgIpc) is 3.15. The van der Waals surface area contributed by atoms with Gasteiger partial charge in [-0.05, 0) is 24.5 Å². The van der Waals surface area contributed by atoms with Crippen LogP contribution in [0.4, 0.5) is 14.9 Å². The number of benzene rings is 1. The van der Waals surface area contributed by atoms with Crippen LogP contribution in [-0.2, 0) is 0 Å². The number of piperidine rings is 1. The van der Waals surface area contributed by atoms with Gasteiger partial charge in [0, 0.05) is 37.2 Å². The number of likely N-dealkylation sites (tertiary alicyclic amines) is 1. The lowest BCUT2D eigenvalue weighted by molar-refractivity contribution is 0.149. The first-order valence-electron chi connectivity index (χ1n) is 8.49. The van der Waals surface area contributed by atoms with E-state index in [1.165, 1.54) is 0 Å². The molecule has 3 rings (SSSR count). The van der Waals surface area contributed by atoms with E-state index in [1.807, 2.05) is 11.1 Å². The van der Waals surface area contributed by atoms with Crippen molar-refractivity contribution in [3.05, 3.63) is 43.0 Å². The van der Waals surface area contributed by atoms with Crippen LogP contribution in [0.5, 0.6) is 5.75 Å². The lowest BCUT2D eigenvalue weighted by atomic mass is 9.93. The van der Waals surface area contributed by atoms with Gasteiger partial charge in [-0.25, -0.2) is 14.2 Å². The zero-order valence-corrected chi connectivity index (χ0v) is 14.3. The van der Waals surface area contributed by atoms with Crippen LogP contribution in [0, 0.1) is 5.92 Å². The number of halogens is 1. The Morgan fingerprint density at radius 1 is 1.48 bits per heavy atom. The Kier molecular flexibility index (Phi) is 5.53. The molecule has 1 aromatic heterocycles. The zero-order valence-electron chi connectivity index (χ0n) is 14.3. The van der Waals surface area contributed by atoms with Crippen LogP contribution < -0.4 is 10.1 Å². The summed E-state index contributed by atoms with van der Waals surface area (Å²) in [6.45, 7) is 3.02.